The van der Waals surface area contributed by atoms with Gasteiger partial charge < -0.3 is 10.1 Å². The van der Waals surface area contributed by atoms with E-state index in [1.165, 1.54) is 18.2 Å². The summed E-state index contributed by atoms with van der Waals surface area (Å²) in [5.41, 5.74) is 0.111. The number of amides is 1. The molecule has 1 rings (SSSR count). The summed E-state index contributed by atoms with van der Waals surface area (Å²) >= 11 is 0. The van der Waals surface area contributed by atoms with E-state index >= 15 is 0 Å². The molecule has 0 fully saturated rings. The Bertz CT molecular complexity index is 342. The second-order valence-electron chi connectivity index (χ2n) is 2.73. The average Bonchev–Trinajstić information content (AvgIpc) is 2.18. The van der Waals surface area contributed by atoms with Crippen LogP contribution in [0.15, 0.2) is 24.3 Å². The normalized spacial score (nSPS) is 10.1. The monoisotopic (exact) mass is 215 g/mol. The highest BCUT2D eigenvalue weighted by Gasteiger charge is 2.13. The van der Waals surface area contributed by atoms with E-state index in [0.29, 0.717) is 6.54 Å². The van der Waals surface area contributed by atoms with Gasteiger partial charge in [-0.25, -0.2) is 0 Å². The maximum atomic E-state index is 12.0. The van der Waals surface area contributed by atoms with Crippen LogP contribution in [0.3, 0.4) is 0 Å². The lowest BCUT2D eigenvalue weighted by Gasteiger charge is -2.09. The lowest BCUT2D eigenvalue weighted by Crippen LogP contribution is -2.23. The summed E-state index contributed by atoms with van der Waals surface area (Å²) in [5.74, 6) is -0.535. The summed E-state index contributed by atoms with van der Waals surface area (Å²) in [4.78, 5) is 11.4. The lowest BCUT2D eigenvalue weighted by atomic mass is 10.2. The first-order chi connectivity index (χ1) is 7.15. The molecule has 82 valence electrons. The van der Waals surface area contributed by atoms with E-state index in [-0.39, 0.29) is 11.3 Å². The van der Waals surface area contributed by atoms with Crippen molar-refractivity contribution in [2.75, 3.05) is 6.54 Å². The molecule has 5 heteroatoms. The molecule has 15 heavy (non-hydrogen) atoms. The molecule has 0 saturated heterocycles. The highest BCUT2D eigenvalue weighted by molar-refractivity contribution is 5.96. The third-order valence-corrected chi connectivity index (χ3v) is 1.69. The van der Waals surface area contributed by atoms with E-state index < -0.39 is 12.5 Å². The Kier molecular flexibility index (Phi) is 4.03. The number of ether oxygens (including phenoxy) is 1. The van der Waals surface area contributed by atoms with Gasteiger partial charge in [-0.15, -0.1) is 0 Å². The standard InChI is InChI=1S/C10H11F2NO2/c1-2-13-9(14)7-5-3-4-6-8(7)15-10(11)12/h3-6,10H,2H2,1H3,(H,13,14). The number of alkyl halides is 2. The number of carbonyl (C=O) groups excluding carboxylic acids is 1. The van der Waals surface area contributed by atoms with Crippen molar-refractivity contribution in [3.63, 3.8) is 0 Å². The Morgan fingerprint density at radius 2 is 2.13 bits per heavy atom. The molecule has 0 saturated carbocycles. The molecule has 0 aliphatic heterocycles. The largest absolute Gasteiger partial charge is 0.434 e. The zero-order chi connectivity index (χ0) is 11.3. The fraction of sp³-hybridized carbons (Fsp3) is 0.300. The Labute approximate surface area is 86.0 Å². The molecule has 0 aromatic heterocycles. The van der Waals surface area contributed by atoms with Crippen molar-refractivity contribution in [2.45, 2.75) is 13.5 Å². The molecule has 0 spiro atoms. The molecular weight excluding hydrogens is 204 g/mol. The van der Waals surface area contributed by atoms with Gasteiger partial charge in [-0.1, -0.05) is 12.1 Å². The predicted octanol–water partition coefficient (Wildman–Crippen LogP) is 2.04. The molecular formula is C10H11F2NO2. The van der Waals surface area contributed by atoms with E-state index in [1.54, 1.807) is 13.0 Å². The Morgan fingerprint density at radius 3 is 2.73 bits per heavy atom. The second kappa shape index (κ2) is 5.29. The van der Waals surface area contributed by atoms with Gasteiger partial charge in [0.05, 0.1) is 5.56 Å². The molecule has 0 bridgehead atoms. The van der Waals surface area contributed by atoms with Crippen LogP contribution in [0.5, 0.6) is 5.75 Å². The molecule has 0 heterocycles. The minimum absolute atomic E-state index is 0.111. The van der Waals surface area contributed by atoms with E-state index in [2.05, 4.69) is 10.1 Å². The molecule has 3 nitrogen and oxygen atoms in total. The summed E-state index contributed by atoms with van der Waals surface area (Å²) in [7, 11) is 0. The van der Waals surface area contributed by atoms with Crippen molar-refractivity contribution in [3.05, 3.63) is 29.8 Å². The predicted molar refractivity (Wildman–Crippen MR) is 51.1 cm³/mol. The fourth-order valence-electron chi connectivity index (χ4n) is 1.11. The van der Waals surface area contributed by atoms with Crippen LogP contribution >= 0.6 is 0 Å². The van der Waals surface area contributed by atoms with Crippen molar-refractivity contribution in [2.24, 2.45) is 0 Å². The smallest absolute Gasteiger partial charge is 0.387 e. The molecule has 0 unspecified atom stereocenters. The maximum Gasteiger partial charge on any atom is 0.387 e. The summed E-state index contributed by atoms with van der Waals surface area (Å²) in [6.07, 6.45) is 0. The van der Waals surface area contributed by atoms with E-state index in [9.17, 15) is 13.6 Å². The van der Waals surface area contributed by atoms with Gasteiger partial charge in [0.2, 0.25) is 0 Å². The van der Waals surface area contributed by atoms with Crippen LogP contribution in [0.2, 0.25) is 0 Å². The van der Waals surface area contributed by atoms with Crippen LogP contribution in [-0.4, -0.2) is 19.1 Å². The maximum absolute atomic E-state index is 12.0. The van der Waals surface area contributed by atoms with Crippen molar-refractivity contribution in [3.8, 4) is 5.75 Å². The zero-order valence-corrected chi connectivity index (χ0v) is 8.17. The zero-order valence-electron chi connectivity index (χ0n) is 8.17. The first kappa shape index (κ1) is 11.4. The molecule has 0 atom stereocenters. The number of rotatable bonds is 4. The highest BCUT2D eigenvalue weighted by Crippen LogP contribution is 2.19. The number of halogens is 2. The van der Waals surface area contributed by atoms with Gasteiger partial charge in [-0.2, -0.15) is 8.78 Å². The Balaban J connectivity index is 2.90. The van der Waals surface area contributed by atoms with Gasteiger partial charge in [0.25, 0.3) is 5.91 Å². The summed E-state index contributed by atoms with van der Waals surface area (Å²) in [6.45, 7) is -0.753. The van der Waals surface area contributed by atoms with Crippen LogP contribution in [0, 0.1) is 0 Å². The molecule has 0 aliphatic rings. The number of nitrogens with one attached hydrogen (secondary N) is 1. The summed E-state index contributed by atoms with van der Waals surface area (Å²) in [5, 5.41) is 2.51. The van der Waals surface area contributed by atoms with Gasteiger partial charge in [0.1, 0.15) is 5.75 Å². The van der Waals surface area contributed by atoms with Gasteiger partial charge in [-0.05, 0) is 19.1 Å². The molecule has 1 aromatic carbocycles. The molecule has 1 aromatic rings. The second-order valence-corrected chi connectivity index (χ2v) is 2.73. The van der Waals surface area contributed by atoms with Crippen molar-refractivity contribution in [1.82, 2.24) is 5.32 Å². The summed E-state index contributed by atoms with van der Waals surface area (Å²) < 4.78 is 28.2. The third kappa shape index (κ3) is 3.19. The minimum atomic E-state index is -2.93. The first-order valence-electron chi connectivity index (χ1n) is 4.47. The molecule has 0 radical (unpaired) electrons. The number of hydrogen-bond donors (Lipinski definition) is 1. The van der Waals surface area contributed by atoms with Gasteiger partial charge in [-0.3, -0.25) is 4.79 Å². The average molecular weight is 215 g/mol. The van der Waals surface area contributed by atoms with Gasteiger partial charge in [0, 0.05) is 6.54 Å². The minimum Gasteiger partial charge on any atom is -0.434 e. The van der Waals surface area contributed by atoms with E-state index in [1.807, 2.05) is 0 Å². The van der Waals surface area contributed by atoms with E-state index in [0.717, 1.165) is 0 Å². The molecule has 0 aliphatic carbocycles. The summed E-state index contributed by atoms with van der Waals surface area (Å²) in [6, 6.07) is 5.88. The van der Waals surface area contributed by atoms with Crippen LogP contribution in [0.1, 0.15) is 17.3 Å². The Morgan fingerprint density at radius 1 is 1.47 bits per heavy atom. The number of carbonyl (C=O) groups is 1. The van der Waals surface area contributed by atoms with E-state index in [4.69, 9.17) is 0 Å². The SMILES string of the molecule is CCNC(=O)c1ccccc1OC(F)F. The quantitative estimate of drug-likeness (QED) is 0.834. The number of para-hydroxylation sites is 1. The lowest BCUT2D eigenvalue weighted by molar-refractivity contribution is -0.0501. The van der Waals surface area contributed by atoms with Crippen LogP contribution in [0.4, 0.5) is 8.78 Å². The molecule has 1 amide bonds. The highest BCUT2D eigenvalue weighted by atomic mass is 19.3. The van der Waals surface area contributed by atoms with Crippen LogP contribution in [0.25, 0.3) is 0 Å². The Hall–Kier alpha value is -1.65. The van der Waals surface area contributed by atoms with Crippen molar-refractivity contribution in [1.29, 1.82) is 0 Å². The van der Waals surface area contributed by atoms with Crippen LogP contribution < -0.4 is 10.1 Å². The topological polar surface area (TPSA) is 38.3 Å². The third-order valence-electron chi connectivity index (χ3n) is 1.69. The first-order valence-corrected chi connectivity index (χ1v) is 4.47. The van der Waals surface area contributed by atoms with Gasteiger partial charge in [0.15, 0.2) is 0 Å². The molecule has 1 N–H and O–H groups in total. The van der Waals surface area contributed by atoms with Crippen molar-refractivity contribution < 1.29 is 18.3 Å². The fourth-order valence-corrected chi connectivity index (χ4v) is 1.11. The number of benzene rings is 1. The van der Waals surface area contributed by atoms with Crippen LogP contribution in [-0.2, 0) is 0 Å². The van der Waals surface area contributed by atoms with Gasteiger partial charge >= 0.3 is 6.61 Å². The van der Waals surface area contributed by atoms with Crippen molar-refractivity contribution >= 4 is 5.91 Å². The number of hydrogen-bond acceptors (Lipinski definition) is 2.